The van der Waals surface area contributed by atoms with Crippen LogP contribution in [0, 0.1) is 5.92 Å². The van der Waals surface area contributed by atoms with Crippen LogP contribution in [-0.2, 0) is 9.53 Å². The number of hydrogen-bond donors (Lipinski definition) is 3. The number of likely N-dealkylation sites (tertiary alicyclic amines) is 1. The summed E-state index contributed by atoms with van der Waals surface area (Å²) in [4.78, 5) is 24.1. The van der Waals surface area contributed by atoms with Crippen LogP contribution < -0.4 is 5.32 Å². The number of carboxylic acids is 1. The number of rotatable bonds is 6. The van der Waals surface area contributed by atoms with Crippen molar-refractivity contribution in [2.75, 3.05) is 32.8 Å². The van der Waals surface area contributed by atoms with Gasteiger partial charge in [-0.05, 0) is 19.3 Å². The van der Waals surface area contributed by atoms with Crippen molar-refractivity contribution >= 4 is 12.1 Å². The number of aliphatic hydroxyl groups excluding tert-OH is 1. The summed E-state index contributed by atoms with van der Waals surface area (Å²) in [5.41, 5.74) is 0. The molecule has 110 valence electrons. The predicted molar refractivity (Wildman–Crippen MR) is 67.8 cm³/mol. The fraction of sp³-hybridized carbons (Fsp3) is 0.833. The van der Waals surface area contributed by atoms with Crippen LogP contribution in [0.2, 0.25) is 0 Å². The van der Waals surface area contributed by atoms with Gasteiger partial charge >= 0.3 is 12.1 Å². The number of alkyl carbamates (subject to hydrolysis) is 1. The van der Waals surface area contributed by atoms with Gasteiger partial charge < -0.3 is 20.3 Å². The van der Waals surface area contributed by atoms with E-state index >= 15 is 0 Å². The Morgan fingerprint density at radius 3 is 2.74 bits per heavy atom. The van der Waals surface area contributed by atoms with E-state index < -0.39 is 12.1 Å². The van der Waals surface area contributed by atoms with E-state index in [0.29, 0.717) is 32.7 Å². The smallest absolute Gasteiger partial charge is 0.407 e. The van der Waals surface area contributed by atoms with Gasteiger partial charge in [0.15, 0.2) is 0 Å². The minimum Gasteiger partial charge on any atom is -0.481 e. The third-order valence-electron chi connectivity index (χ3n) is 3.09. The number of nitrogens with zero attached hydrogens (tertiary/aromatic N) is 1. The molecule has 0 spiro atoms. The molecule has 0 aliphatic carbocycles. The van der Waals surface area contributed by atoms with Crippen LogP contribution in [0.3, 0.4) is 0 Å². The second-order valence-electron chi connectivity index (χ2n) is 4.74. The Labute approximate surface area is 112 Å². The lowest BCUT2D eigenvalue weighted by atomic mass is 9.91. The summed E-state index contributed by atoms with van der Waals surface area (Å²) in [7, 11) is 0. The molecule has 1 aliphatic rings. The zero-order valence-electron chi connectivity index (χ0n) is 11.2. The number of carbonyl (C=O) groups excluding carboxylic acids is 1. The Hall–Kier alpha value is -1.34. The van der Waals surface area contributed by atoms with E-state index in [0.717, 1.165) is 0 Å². The molecule has 1 aliphatic heterocycles. The molecular weight excluding hydrogens is 252 g/mol. The van der Waals surface area contributed by atoms with Gasteiger partial charge in [-0.2, -0.15) is 0 Å². The summed E-state index contributed by atoms with van der Waals surface area (Å²) in [5, 5.41) is 20.6. The minimum atomic E-state index is -0.842. The second kappa shape index (κ2) is 7.96. The molecule has 0 aromatic carbocycles. The fourth-order valence-corrected chi connectivity index (χ4v) is 2.47. The van der Waals surface area contributed by atoms with Crippen molar-refractivity contribution in [3.8, 4) is 0 Å². The number of nitrogens with one attached hydrogen (secondary N) is 1. The van der Waals surface area contributed by atoms with Gasteiger partial charge in [-0.3, -0.25) is 9.69 Å². The molecule has 7 nitrogen and oxygen atoms in total. The summed E-state index contributed by atoms with van der Waals surface area (Å²) < 4.78 is 4.82. The zero-order valence-corrected chi connectivity index (χ0v) is 11.2. The van der Waals surface area contributed by atoms with Gasteiger partial charge in [-0.1, -0.05) is 0 Å². The molecule has 0 saturated carbocycles. The normalized spacial score (nSPS) is 23.9. The Kier molecular flexibility index (Phi) is 6.58. The quantitative estimate of drug-likeness (QED) is 0.625. The van der Waals surface area contributed by atoms with Crippen LogP contribution >= 0.6 is 0 Å². The number of amides is 1. The van der Waals surface area contributed by atoms with Crippen molar-refractivity contribution in [3.63, 3.8) is 0 Å². The molecule has 2 unspecified atom stereocenters. The fourth-order valence-electron chi connectivity index (χ4n) is 2.47. The van der Waals surface area contributed by atoms with Crippen LogP contribution in [0.5, 0.6) is 0 Å². The van der Waals surface area contributed by atoms with Gasteiger partial charge in [-0.25, -0.2) is 4.79 Å². The standard InChI is InChI=1S/C12H22N2O5/c1-2-19-12(18)13-10-5-9(6-11(16)17)7-14(8-10)3-4-15/h9-10,15H,2-8H2,1H3,(H,13,18)(H,16,17). The lowest BCUT2D eigenvalue weighted by molar-refractivity contribution is -0.138. The highest BCUT2D eigenvalue weighted by Crippen LogP contribution is 2.20. The molecule has 2 atom stereocenters. The predicted octanol–water partition coefficient (Wildman–Crippen LogP) is -0.110. The molecule has 7 heteroatoms. The number of carboxylic acid groups (broad SMARTS) is 1. The summed E-state index contributed by atoms with van der Waals surface area (Å²) in [5.74, 6) is -0.865. The topological polar surface area (TPSA) is 99.1 Å². The van der Waals surface area contributed by atoms with E-state index in [1.165, 1.54) is 0 Å². The molecule has 1 fully saturated rings. The third kappa shape index (κ3) is 5.89. The highest BCUT2D eigenvalue weighted by Gasteiger charge is 2.29. The molecule has 1 amide bonds. The molecule has 0 radical (unpaired) electrons. The maximum absolute atomic E-state index is 11.4. The molecule has 0 bridgehead atoms. The second-order valence-corrected chi connectivity index (χ2v) is 4.74. The number of ether oxygens (including phenoxy) is 1. The average Bonchev–Trinajstić information content (AvgIpc) is 2.28. The number of aliphatic carboxylic acids is 1. The number of piperidine rings is 1. The Bertz CT molecular complexity index is 310. The van der Waals surface area contributed by atoms with E-state index in [9.17, 15) is 9.59 Å². The molecule has 1 heterocycles. The lowest BCUT2D eigenvalue weighted by Gasteiger charge is -2.37. The maximum atomic E-state index is 11.4. The molecule has 19 heavy (non-hydrogen) atoms. The summed E-state index contributed by atoms with van der Waals surface area (Å²) >= 11 is 0. The van der Waals surface area contributed by atoms with Gasteiger partial charge in [-0.15, -0.1) is 0 Å². The van der Waals surface area contributed by atoms with Crippen molar-refractivity contribution in [3.05, 3.63) is 0 Å². The van der Waals surface area contributed by atoms with E-state index in [4.69, 9.17) is 14.9 Å². The van der Waals surface area contributed by atoms with Gasteiger partial charge in [0.1, 0.15) is 0 Å². The van der Waals surface area contributed by atoms with Gasteiger partial charge in [0.25, 0.3) is 0 Å². The van der Waals surface area contributed by atoms with Gasteiger partial charge in [0.05, 0.1) is 13.2 Å². The van der Waals surface area contributed by atoms with Crippen LogP contribution in [0.1, 0.15) is 19.8 Å². The average molecular weight is 274 g/mol. The third-order valence-corrected chi connectivity index (χ3v) is 3.09. The first kappa shape index (κ1) is 15.7. The lowest BCUT2D eigenvalue weighted by Crippen LogP contribution is -2.51. The van der Waals surface area contributed by atoms with Crippen molar-refractivity contribution in [2.45, 2.75) is 25.8 Å². The minimum absolute atomic E-state index is 0.0198. The summed E-state index contributed by atoms with van der Waals surface area (Å²) in [6.45, 7) is 3.77. The largest absolute Gasteiger partial charge is 0.481 e. The number of hydrogen-bond acceptors (Lipinski definition) is 5. The van der Waals surface area contributed by atoms with E-state index in [1.54, 1.807) is 6.92 Å². The van der Waals surface area contributed by atoms with Crippen molar-refractivity contribution in [1.29, 1.82) is 0 Å². The molecular formula is C12H22N2O5. The molecule has 0 aromatic rings. The van der Waals surface area contributed by atoms with Gasteiger partial charge in [0, 0.05) is 32.1 Å². The molecule has 0 aromatic heterocycles. The summed E-state index contributed by atoms with van der Waals surface area (Å²) in [6.07, 6.45) is 0.211. The Morgan fingerprint density at radius 2 is 2.16 bits per heavy atom. The van der Waals surface area contributed by atoms with Crippen LogP contribution in [-0.4, -0.2) is 66.1 Å². The molecule has 1 rings (SSSR count). The van der Waals surface area contributed by atoms with Crippen molar-refractivity contribution in [1.82, 2.24) is 10.2 Å². The van der Waals surface area contributed by atoms with Gasteiger partial charge in [0.2, 0.25) is 0 Å². The van der Waals surface area contributed by atoms with Crippen LogP contribution in [0.15, 0.2) is 0 Å². The molecule has 1 saturated heterocycles. The number of carbonyl (C=O) groups is 2. The van der Waals surface area contributed by atoms with E-state index in [1.807, 2.05) is 4.90 Å². The maximum Gasteiger partial charge on any atom is 0.407 e. The summed E-state index contributed by atoms with van der Waals surface area (Å²) in [6, 6.07) is -0.135. The first-order chi connectivity index (χ1) is 9.05. The van der Waals surface area contributed by atoms with Crippen LogP contribution in [0.25, 0.3) is 0 Å². The Balaban J connectivity index is 2.53. The van der Waals surface area contributed by atoms with E-state index in [2.05, 4.69) is 5.32 Å². The highest BCUT2D eigenvalue weighted by atomic mass is 16.5. The molecule has 3 N–H and O–H groups in total. The monoisotopic (exact) mass is 274 g/mol. The SMILES string of the molecule is CCOC(=O)NC1CC(CC(=O)O)CN(CCO)C1. The van der Waals surface area contributed by atoms with Crippen molar-refractivity contribution in [2.24, 2.45) is 5.92 Å². The van der Waals surface area contributed by atoms with E-state index in [-0.39, 0.29) is 25.0 Å². The first-order valence-electron chi connectivity index (χ1n) is 6.53. The highest BCUT2D eigenvalue weighted by molar-refractivity contribution is 5.68. The first-order valence-corrected chi connectivity index (χ1v) is 6.53. The zero-order chi connectivity index (χ0) is 14.3. The number of aliphatic hydroxyl groups is 1. The number of β-amino-alcohol motifs (C(OH)–C–C–N with tert-alkyl or cyclic N) is 1. The Morgan fingerprint density at radius 1 is 1.42 bits per heavy atom. The van der Waals surface area contributed by atoms with Crippen molar-refractivity contribution < 1.29 is 24.5 Å². The van der Waals surface area contributed by atoms with Crippen LogP contribution in [0.4, 0.5) is 4.79 Å².